The van der Waals surface area contributed by atoms with Crippen LogP contribution < -0.4 is 5.32 Å². The SMILES string of the molecule is CNc1ccc(C(C)(C)c2ccccc2)cc1. The summed E-state index contributed by atoms with van der Waals surface area (Å²) in [6.07, 6.45) is 0. The molecular weight excluding hydrogens is 206 g/mol. The molecule has 0 fully saturated rings. The van der Waals surface area contributed by atoms with Gasteiger partial charge in [0, 0.05) is 18.2 Å². The van der Waals surface area contributed by atoms with Crippen molar-refractivity contribution in [2.24, 2.45) is 0 Å². The van der Waals surface area contributed by atoms with Gasteiger partial charge in [0.05, 0.1) is 0 Å². The minimum absolute atomic E-state index is 0.0491. The molecule has 2 aromatic rings. The quantitative estimate of drug-likeness (QED) is 0.830. The van der Waals surface area contributed by atoms with Crippen LogP contribution in [0.3, 0.4) is 0 Å². The molecule has 2 aromatic carbocycles. The van der Waals surface area contributed by atoms with E-state index in [2.05, 4.69) is 73.8 Å². The van der Waals surface area contributed by atoms with Crippen LogP contribution >= 0.6 is 0 Å². The van der Waals surface area contributed by atoms with Gasteiger partial charge in [0.2, 0.25) is 0 Å². The van der Waals surface area contributed by atoms with Crippen LogP contribution in [0.2, 0.25) is 0 Å². The summed E-state index contributed by atoms with van der Waals surface area (Å²) in [6, 6.07) is 19.3. The van der Waals surface area contributed by atoms with E-state index in [1.54, 1.807) is 0 Å². The van der Waals surface area contributed by atoms with Gasteiger partial charge < -0.3 is 5.32 Å². The molecule has 0 bridgehead atoms. The fraction of sp³-hybridized carbons (Fsp3) is 0.250. The van der Waals surface area contributed by atoms with Crippen molar-refractivity contribution in [3.63, 3.8) is 0 Å². The van der Waals surface area contributed by atoms with Gasteiger partial charge in [0.15, 0.2) is 0 Å². The summed E-state index contributed by atoms with van der Waals surface area (Å²) < 4.78 is 0. The van der Waals surface area contributed by atoms with Gasteiger partial charge >= 0.3 is 0 Å². The predicted molar refractivity (Wildman–Crippen MR) is 74.6 cm³/mol. The fourth-order valence-electron chi connectivity index (χ4n) is 2.08. The average Bonchev–Trinajstić information content (AvgIpc) is 2.40. The molecule has 1 nitrogen and oxygen atoms in total. The summed E-state index contributed by atoms with van der Waals surface area (Å²) in [5.41, 5.74) is 3.88. The Morgan fingerprint density at radius 1 is 0.765 bits per heavy atom. The van der Waals surface area contributed by atoms with Crippen molar-refractivity contribution in [3.8, 4) is 0 Å². The Morgan fingerprint density at radius 2 is 1.29 bits per heavy atom. The summed E-state index contributed by atoms with van der Waals surface area (Å²) in [4.78, 5) is 0. The lowest BCUT2D eigenvalue weighted by molar-refractivity contribution is 0.641. The van der Waals surface area contributed by atoms with Crippen LogP contribution in [0.15, 0.2) is 54.6 Å². The molecule has 1 N–H and O–H groups in total. The zero-order valence-corrected chi connectivity index (χ0v) is 10.7. The molecule has 2 rings (SSSR count). The molecular formula is C16H19N. The monoisotopic (exact) mass is 225 g/mol. The number of hydrogen-bond donors (Lipinski definition) is 1. The molecule has 1 heteroatoms. The minimum Gasteiger partial charge on any atom is -0.388 e. The van der Waals surface area contributed by atoms with Crippen LogP contribution in [0.25, 0.3) is 0 Å². The van der Waals surface area contributed by atoms with Gasteiger partial charge in [-0.25, -0.2) is 0 Å². The molecule has 0 aliphatic heterocycles. The molecule has 0 radical (unpaired) electrons. The van der Waals surface area contributed by atoms with Crippen molar-refractivity contribution in [2.75, 3.05) is 12.4 Å². The first-order chi connectivity index (χ1) is 8.14. The van der Waals surface area contributed by atoms with E-state index >= 15 is 0 Å². The molecule has 0 atom stereocenters. The van der Waals surface area contributed by atoms with Gasteiger partial charge in [-0.3, -0.25) is 0 Å². The van der Waals surface area contributed by atoms with Crippen LogP contribution in [-0.4, -0.2) is 7.05 Å². The molecule has 0 saturated carbocycles. The van der Waals surface area contributed by atoms with Crippen molar-refractivity contribution in [2.45, 2.75) is 19.3 Å². The van der Waals surface area contributed by atoms with E-state index < -0.39 is 0 Å². The number of hydrogen-bond acceptors (Lipinski definition) is 1. The van der Waals surface area contributed by atoms with Crippen LogP contribution in [0.4, 0.5) is 5.69 Å². The third-order valence-electron chi connectivity index (χ3n) is 3.39. The maximum atomic E-state index is 3.15. The fourth-order valence-corrected chi connectivity index (χ4v) is 2.08. The van der Waals surface area contributed by atoms with E-state index in [0.717, 1.165) is 5.69 Å². The smallest absolute Gasteiger partial charge is 0.0337 e. The summed E-state index contributed by atoms with van der Waals surface area (Å²) in [5, 5.41) is 3.15. The second-order valence-electron chi connectivity index (χ2n) is 4.82. The first-order valence-electron chi connectivity index (χ1n) is 5.98. The van der Waals surface area contributed by atoms with Crippen molar-refractivity contribution in [1.29, 1.82) is 0 Å². The van der Waals surface area contributed by atoms with Gasteiger partial charge in [-0.05, 0) is 23.3 Å². The van der Waals surface area contributed by atoms with Crippen LogP contribution in [0.1, 0.15) is 25.0 Å². The molecule has 0 unspecified atom stereocenters. The standard InChI is InChI=1S/C16H19N/c1-16(2,13-7-5-4-6-8-13)14-9-11-15(17-3)12-10-14/h4-12,17H,1-3H3. The Kier molecular flexibility index (Phi) is 3.19. The van der Waals surface area contributed by atoms with Gasteiger partial charge in [-0.15, -0.1) is 0 Å². The zero-order valence-electron chi connectivity index (χ0n) is 10.7. The van der Waals surface area contributed by atoms with Crippen LogP contribution in [0, 0.1) is 0 Å². The van der Waals surface area contributed by atoms with Crippen molar-refractivity contribution in [3.05, 3.63) is 65.7 Å². The summed E-state index contributed by atoms with van der Waals surface area (Å²) in [6.45, 7) is 4.52. The maximum absolute atomic E-state index is 3.15. The summed E-state index contributed by atoms with van der Waals surface area (Å²) in [5.74, 6) is 0. The molecule has 0 saturated heterocycles. The molecule has 0 aromatic heterocycles. The van der Waals surface area contributed by atoms with Crippen LogP contribution in [0.5, 0.6) is 0 Å². The Labute approximate surface area is 103 Å². The van der Waals surface area contributed by atoms with E-state index in [9.17, 15) is 0 Å². The second kappa shape index (κ2) is 4.62. The molecule has 0 amide bonds. The molecule has 17 heavy (non-hydrogen) atoms. The topological polar surface area (TPSA) is 12.0 Å². The summed E-state index contributed by atoms with van der Waals surface area (Å²) in [7, 11) is 1.94. The predicted octanol–water partition coefficient (Wildman–Crippen LogP) is 4.05. The average molecular weight is 225 g/mol. The molecule has 88 valence electrons. The molecule has 0 spiro atoms. The van der Waals surface area contributed by atoms with E-state index in [1.807, 2.05) is 7.05 Å². The normalized spacial score (nSPS) is 11.2. The largest absolute Gasteiger partial charge is 0.388 e. The van der Waals surface area contributed by atoms with Gasteiger partial charge in [-0.2, -0.15) is 0 Å². The molecule has 0 heterocycles. The third kappa shape index (κ3) is 2.33. The van der Waals surface area contributed by atoms with Crippen LogP contribution in [-0.2, 0) is 5.41 Å². The lowest BCUT2D eigenvalue weighted by atomic mass is 9.78. The van der Waals surface area contributed by atoms with E-state index in [0.29, 0.717) is 0 Å². The lowest BCUT2D eigenvalue weighted by Crippen LogP contribution is -2.18. The second-order valence-corrected chi connectivity index (χ2v) is 4.82. The number of anilines is 1. The third-order valence-corrected chi connectivity index (χ3v) is 3.39. The van der Waals surface area contributed by atoms with Crippen molar-refractivity contribution < 1.29 is 0 Å². The van der Waals surface area contributed by atoms with Crippen molar-refractivity contribution in [1.82, 2.24) is 0 Å². The number of rotatable bonds is 3. The Morgan fingerprint density at radius 3 is 1.82 bits per heavy atom. The van der Waals surface area contributed by atoms with E-state index in [-0.39, 0.29) is 5.41 Å². The summed E-state index contributed by atoms with van der Waals surface area (Å²) >= 11 is 0. The highest BCUT2D eigenvalue weighted by Crippen LogP contribution is 2.31. The van der Waals surface area contributed by atoms with Crippen molar-refractivity contribution >= 4 is 5.69 Å². The highest BCUT2D eigenvalue weighted by molar-refractivity contribution is 5.47. The van der Waals surface area contributed by atoms with E-state index in [1.165, 1.54) is 11.1 Å². The van der Waals surface area contributed by atoms with Gasteiger partial charge in [0.25, 0.3) is 0 Å². The molecule has 0 aliphatic carbocycles. The van der Waals surface area contributed by atoms with Gasteiger partial charge in [-0.1, -0.05) is 56.3 Å². The zero-order chi connectivity index (χ0) is 12.3. The Bertz CT molecular complexity index is 469. The molecule has 0 aliphatic rings. The van der Waals surface area contributed by atoms with Gasteiger partial charge in [0.1, 0.15) is 0 Å². The van der Waals surface area contributed by atoms with E-state index in [4.69, 9.17) is 0 Å². The highest BCUT2D eigenvalue weighted by Gasteiger charge is 2.22. The first kappa shape index (κ1) is 11.7. The Balaban J connectivity index is 2.37. The Hall–Kier alpha value is -1.76. The minimum atomic E-state index is 0.0491. The first-order valence-corrected chi connectivity index (χ1v) is 5.98. The highest BCUT2D eigenvalue weighted by atomic mass is 14.8. The number of nitrogens with one attached hydrogen (secondary N) is 1. The number of benzene rings is 2. The lowest BCUT2D eigenvalue weighted by Gasteiger charge is -2.26. The maximum Gasteiger partial charge on any atom is 0.0337 e.